The molecule has 2 N–H and O–H groups in total. The number of nitrogens with two attached hydrogens (primary N) is 1. The van der Waals surface area contributed by atoms with Crippen LogP contribution in [0.3, 0.4) is 0 Å². The average Bonchev–Trinajstić information content (AvgIpc) is 2.85. The van der Waals surface area contributed by atoms with Crippen molar-refractivity contribution in [1.82, 2.24) is 4.57 Å². The van der Waals surface area contributed by atoms with Crippen LogP contribution < -0.4 is 5.73 Å². The van der Waals surface area contributed by atoms with E-state index in [-0.39, 0.29) is 5.54 Å². The van der Waals surface area contributed by atoms with Crippen molar-refractivity contribution in [2.75, 3.05) is 0 Å². The third-order valence-corrected chi connectivity index (χ3v) is 5.09. The molecule has 0 atom stereocenters. The highest BCUT2D eigenvalue weighted by atomic mass is 79.9. The van der Waals surface area contributed by atoms with E-state index in [1.165, 1.54) is 35.0 Å². The van der Waals surface area contributed by atoms with Crippen molar-refractivity contribution in [3.63, 3.8) is 0 Å². The first-order chi connectivity index (χ1) is 8.54. The molecule has 96 valence electrons. The minimum atomic E-state index is -0.121. The van der Waals surface area contributed by atoms with Gasteiger partial charge in [-0.05, 0) is 41.8 Å². The number of halogens is 1. The lowest BCUT2D eigenvalue weighted by molar-refractivity contribution is 0.461. The van der Waals surface area contributed by atoms with E-state index in [9.17, 15) is 0 Å². The summed E-state index contributed by atoms with van der Waals surface area (Å²) in [7, 11) is 2.13. The van der Waals surface area contributed by atoms with Gasteiger partial charge in [-0.1, -0.05) is 25.0 Å². The summed E-state index contributed by atoms with van der Waals surface area (Å²) >= 11 is 3.66. The van der Waals surface area contributed by atoms with Gasteiger partial charge in [-0.15, -0.1) is 0 Å². The molecule has 0 saturated heterocycles. The predicted octanol–water partition coefficient (Wildman–Crippen LogP) is 3.98. The second-order valence-electron chi connectivity index (χ2n) is 5.52. The Morgan fingerprint density at radius 1 is 1.28 bits per heavy atom. The molecule has 18 heavy (non-hydrogen) atoms. The highest BCUT2D eigenvalue weighted by Gasteiger charge is 2.35. The van der Waals surface area contributed by atoms with E-state index in [2.05, 4.69) is 52.7 Å². The molecule has 3 heteroatoms. The molecule has 1 saturated carbocycles. The summed E-state index contributed by atoms with van der Waals surface area (Å²) in [5.74, 6) is 0. The number of rotatable bonds is 1. The van der Waals surface area contributed by atoms with Gasteiger partial charge >= 0.3 is 0 Å². The monoisotopic (exact) mass is 306 g/mol. The van der Waals surface area contributed by atoms with Gasteiger partial charge in [0.25, 0.3) is 0 Å². The summed E-state index contributed by atoms with van der Waals surface area (Å²) < 4.78 is 3.42. The van der Waals surface area contributed by atoms with Gasteiger partial charge in [-0.25, -0.2) is 0 Å². The van der Waals surface area contributed by atoms with Crippen molar-refractivity contribution < 1.29 is 0 Å². The maximum absolute atomic E-state index is 6.68. The molecule has 3 rings (SSSR count). The van der Waals surface area contributed by atoms with Crippen LogP contribution in [0.15, 0.2) is 22.7 Å². The largest absolute Gasteiger partial charge is 0.347 e. The zero-order chi connectivity index (χ0) is 12.9. The summed E-state index contributed by atoms with van der Waals surface area (Å²) in [4.78, 5) is 0. The number of aromatic nitrogens is 1. The molecule has 1 heterocycles. The van der Waals surface area contributed by atoms with E-state index in [0.717, 1.165) is 17.3 Å². The van der Waals surface area contributed by atoms with Crippen LogP contribution in [-0.4, -0.2) is 4.57 Å². The number of hydrogen-bond acceptors (Lipinski definition) is 1. The quantitative estimate of drug-likeness (QED) is 0.849. The molecule has 1 aliphatic rings. The van der Waals surface area contributed by atoms with Crippen LogP contribution >= 0.6 is 15.9 Å². The van der Waals surface area contributed by atoms with Crippen molar-refractivity contribution in [3.05, 3.63) is 33.9 Å². The van der Waals surface area contributed by atoms with Crippen LogP contribution in [0.25, 0.3) is 10.9 Å². The van der Waals surface area contributed by atoms with E-state index in [4.69, 9.17) is 5.73 Å². The molecule has 0 radical (unpaired) electrons. The van der Waals surface area contributed by atoms with Crippen molar-refractivity contribution in [2.45, 2.75) is 38.1 Å². The number of benzene rings is 1. The zero-order valence-corrected chi connectivity index (χ0v) is 12.5. The molecule has 0 bridgehead atoms. The molecular weight excluding hydrogens is 288 g/mol. The van der Waals surface area contributed by atoms with Crippen LogP contribution in [0.4, 0.5) is 0 Å². The normalized spacial score (nSPS) is 18.7. The summed E-state index contributed by atoms with van der Waals surface area (Å²) in [5.41, 5.74) is 10.5. The molecule has 0 unspecified atom stereocenters. The topological polar surface area (TPSA) is 30.9 Å². The van der Waals surface area contributed by atoms with Gasteiger partial charge in [-0.3, -0.25) is 0 Å². The maximum atomic E-state index is 6.68. The van der Waals surface area contributed by atoms with E-state index < -0.39 is 0 Å². The van der Waals surface area contributed by atoms with Gasteiger partial charge in [0.15, 0.2) is 0 Å². The van der Waals surface area contributed by atoms with Gasteiger partial charge in [0, 0.05) is 33.7 Å². The third-order valence-electron chi connectivity index (χ3n) is 4.45. The molecule has 2 nitrogen and oxygen atoms in total. The van der Waals surface area contributed by atoms with Gasteiger partial charge < -0.3 is 10.3 Å². The van der Waals surface area contributed by atoms with Crippen LogP contribution in [0, 0.1) is 6.92 Å². The zero-order valence-electron chi connectivity index (χ0n) is 11.0. The SMILES string of the molecule is Cc1c(C2(N)CCCC2)c2cccc(Br)c2n1C. The van der Waals surface area contributed by atoms with Gasteiger partial charge in [0.2, 0.25) is 0 Å². The summed E-state index contributed by atoms with van der Waals surface area (Å²) in [6.07, 6.45) is 4.72. The maximum Gasteiger partial charge on any atom is 0.0627 e. The summed E-state index contributed by atoms with van der Waals surface area (Å²) in [6.45, 7) is 2.19. The molecule has 1 aromatic heterocycles. The van der Waals surface area contributed by atoms with Crippen LogP contribution in [0.5, 0.6) is 0 Å². The van der Waals surface area contributed by atoms with Crippen LogP contribution in [-0.2, 0) is 12.6 Å². The molecule has 1 fully saturated rings. The van der Waals surface area contributed by atoms with Gasteiger partial charge in [0.1, 0.15) is 0 Å². The number of nitrogens with zero attached hydrogens (tertiary/aromatic N) is 1. The minimum Gasteiger partial charge on any atom is -0.347 e. The Morgan fingerprint density at radius 2 is 1.94 bits per heavy atom. The van der Waals surface area contributed by atoms with Crippen LogP contribution in [0.1, 0.15) is 36.9 Å². The Bertz CT molecular complexity index is 606. The van der Waals surface area contributed by atoms with Gasteiger partial charge in [-0.2, -0.15) is 0 Å². The lowest BCUT2D eigenvalue weighted by atomic mass is 9.87. The Hall–Kier alpha value is -0.800. The minimum absolute atomic E-state index is 0.121. The average molecular weight is 307 g/mol. The van der Waals surface area contributed by atoms with Crippen molar-refractivity contribution in [3.8, 4) is 0 Å². The predicted molar refractivity (Wildman–Crippen MR) is 79.7 cm³/mol. The number of fused-ring (bicyclic) bond motifs is 1. The lowest BCUT2D eigenvalue weighted by Gasteiger charge is -2.24. The number of hydrogen-bond donors (Lipinski definition) is 1. The molecule has 0 spiro atoms. The molecule has 0 amide bonds. The first kappa shape index (κ1) is 12.2. The Morgan fingerprint density at radius 3 is 2.61 bits per heavy atom. The van der Waals surface area contributed by atoms with E-state index in [0.29, 0.717) is 0 Å². The fourth-order valence-electron chi connectivity index (χ4n) is 3.47. The second kappa shape index (κ2) is 4.10. The number of aryl methyl sites for hydroxylation is 1. The Kier molecular flexibility index (Phi) is 2.79. The molecule has 2 aromatic rings. The lowest BCUT2D eigenvalue weighted by Crippen LogP contribution is -2.33. The Balaban J connectivity index is 2.36. The molecule has 1 aliphatic carbocycles. The highest BCUT2D eigenvalue weighted by molar-refractivity contribution is 9.10. The van der Waals surface area contributed by atoms with Crippen LogP contribution in [0.2, 0.25) is 0 Å². The van der Waals surface area contributed by atoms with Crippen molar-refractivity contribution >= 4 is 26.8 Å². The fourth-order valence-corrected chi connectivity index (χ4v) is 4.10. The van der Waals surface area contributed by atoms with Gasteiger partial charge in [0.05, 0.1) is 5.52 Å². The smallest absolute Gasteiger partial charge is 0.0627 e. The third kappa shape index (κ3) is 1.57. The molecule has 0 aliphatic heterocycles. The fraction of sp³-hybridized carbons (Fsp3) is 0.467. The van der Waals surface area contributed by atoms with E-state index in [1.54, 1.807) is 0 Å². The standard InChI is InChI=1S/C15H19BrN2/c1-10-13(15(17)8-3-4-9-15)11-6-5-7-12(16)14(11)18(10)2/h5-7H,3-4,8-9,17H2,1-2H3. The van der Waals surface area contributed by atoms with Crippen molar-refractivity contribution in [2.24, 2.45) is 12.8 Å². The van der Waals surface area contributed by atoms with Crippen molar-refractivity contribution in [1.29, 1.82) is 0 Å². The second-order valence-corrected chi connectivity index (χ2v) is 6.37. The first-order valence-corrected chi connectivity index (χ1v) is 7.37. The number of para-hydroxylation sites is 1. The van der Waals surface area contributed by atoms with E-state index >= 15 is 0 Å². The Labute approximate surface area is 116 Å². The van der Waals surface area contributed by atoms with E-state index in [1.807, 2.05) is 0 Å². The highest BCUT2D eigenvalue weighted by Crippen LogP contribution is 2.43. The summed E-state index contributed by atoms with van der Waals surface area (Å²) in [6, 6.07) is 6.41. The molecular formula is C15H19BrN2. The summed E-state index contributed by atoms with van der Waals surface area (Å²) in [5, 5.41) is 1.31. The first-order valence-electron chi connectivity index (χ1n) is 6.57. The molecule has 1 aromatic carbocycles.